The Balaban J connectivity index is 1.37. The Hall–Kier alpha value is -3.31. The van der Waals surface area contributed by atoms with Gasteiger partial charge in [-0.15, -0.1) is 13.2 Å². The van der Waals surface area contributed by atoms with E-state index in [9.17, 15) is 22.8 Å². The Kier molecular flexibility index (Phi) is 6.91. The van der Waals surface area contributed by atoms with Gasteiger partial charge in [0, 0.05) is 50.8 Å². The number of hydrogen-bond acceptors (Lipinski definition) is 6. The van der Waals surface area contributed by atoms with Crippen molar-refractivity contribution in [3.63, 3.8) is 0 Å². The van der Waals surface area contributed by atoms with E-state index in [1.54, 1.807) is 24.3 Å². The van der Waals surface area contributed by atoms with Gasteiger partial charge in [0.2, 0.25) is 0 Å². The van der Waals surface area contributed by atoms with Gasteiger partial charge in [-0.1, -0.05) is 6.07 Å². The van der Waals surface area contributed by atoms with E-state index in [1.165, 1.54) is 30.2 Å². The van der Waals surface area contributed by atoms with Gasteiger partial charge in [0.05, 0.1) is 18.7 Å². The molecule has 0 aromatic heterocycles. The molecular formula is C24H25F3N2O6. The molecule has 2 aliphatic heterocycles. The molecule has 2 aliphatic rings. The lowest BCUT2D eigenvalue weighted by molar-refractivity contribution is -0.275. The first kappa shape index (κ1) is 24.8. The van der Waals surface area contributed by atoms with Crippen LogP contribution in [0, 0.1) is 0 Å². The third-order valence-electron chi connectivity index (χ3n) is 6.22. The van der Waals surface area contributed by atoms with Gasteiger partial charge < -0.3 is 19.3 Å². The molecular weight excluding hydrogens is 469 g/mol. The van der Waals surface area contributed by atoms with Crippen LogP contribution >= 0.6 is 0 Å². The Morgan fingerprint density at radius 1 is 1.14 bits per heavy atom. The minimum Gasteiger partial charge on any atom is -0.478 e. The minimum absolute atomic E-state index is 0.0123. The summed E-state index contributed by atoms with van der Waals surface area (Å²) in [6, 6.07) is 10.6. The number of nitrogens with zero attached hydrogens (tertiary/aromatic N) is 2. The van der Waals surface area contributed by atoms with Crippen molar-refractivity contribution in [3.05, 3.63) is 59.2 Å². The average Bonchev–Trinajstić information content (AvgIpc) is 3.12. The Labute approximate surface area is 199 Å². The number of methoxy groups -OCH3 is 1. The second kappa shape index (κ2) is 9.74. The van der Waals surface area contributed by atoms with Gasteiger partial charge in [0.25, 0.3) is 0 Å². The molecule has 0 aliphatic carbocycles. The third kappa shape index (κ3) is 5.85. The number of carboxylic acid groups (broad SMARTS) is 1. The molecule has 8 nitrogen and oxygen atoms in total. The molecule has 2 fully saturated rings. The molecule has 0 bridgehead atoms. The van der Waals surface area contributed by atoms with Crippen molar-refractivity contribution in [2.75, 3.05) is 31.6 Å². The lowest BCUT2D eigenvalue weighted by atomic mass is 9.91. The number of carbonyl (C=O) groups is 2. The smallest absolute Gasteiger partial charge is 0.478 e. The first-order valence-electron chi connectivity index (χ1n) is 11.0. The number of carbonyl (C=O) groups excluding carboxylic acids is 1. The number of rotatable bonds is 7. The molecule has 35 heavy (non-hydrogen) atoms. The summed E-state index contributed by atoms with van der Waals surface area (Å²) in [5.41, 5.74) is 1.21. The number of alkyl halides is 3. The summed E-state index contributed by atoms with van der Waals surface area (Å²) in [5, 5.41) is 9.06. The summed E-state index contributed by atoms with van der Waals surface area (Å²) >= 11 is 0. The van der Waals surface area contributed by atoms with Crippen LogP contribution in [0.2, 0.25) is 0 Å². The normalized spacial score (nSPS) is 18.1. The number of likely N-dealkylation sites (tertiary alicyclic amines) is 1. The monoisotopic (exact) mass is 494 g/mol. The molecule has 2 aromatic rings. The van der Waals surface area contributed by atoms with E-state index in [0.717, 1.165) is 5.56 Å². The van der Waals surface area contributed by atoms with Crippen LogP contribution in [0.4, 0.5) is 23.7 Å². The van der Waals surface area contributed by atoms with Crippen LogP contribution < -0.4 is 9.64 Å². The highest BCUT2D eigenvalue weighted by Crippen LogP contribution is 2.36. The molecule has 0 saturated carbocycles. The lowest BCUT2D eigenvalue weighted by Crippen LogP contribution is -2.46. The van der Waals surface area contributed by atoms with Crippen molar-refractivity contribution in [1.29, 1.82) is 0 Å². The highest BCUT2D eigenvalue weighted by molar-refractivity contribution is 5.92. The molecule has 0 atom stereocenters. The molecule has 188 valence electrons. The predicted molar refractivity (Wildman–Crippen MR) is 118 cm³/mol. The molecule has 2 heterocycles. The second-order valence-corrected chi connectivity index (χ2v) is 8.69. The molecule has 0 radical (unpaired) electrons. The number of carboxylic acids is 1. The molecule has 1 amide bonds. The number of aromatic carboxylic acids is 1. The number of benzene rings is 2. The maximum Gasteiger partial charge on any atom is 0.573 e. The zero-order chi connectivity index (χ0) is 25.2. The summed E-state index contributed by atoms with van der Waals surface area (Å²) in [6.07, 6.45) is -4.05. The molecule has 11 heteroatoms. The fraction of sp³-hybridized carbons (Fsp3) is 0.417. The number of piperidine rings is 1. The van der Waals surface area contributed by atoms with Crippen molar-refractivity contribution < 1.29 is 42.1 Å². The van der Waals surface area contributed by atoms with Crippen LogP contribution in [0.1, 0.15) is 34.3 Å². The number of amides is 1. The van der Waals surface area contributed by atoms with E-state index in [-0.39, 0.29) is 17.9 Å². The molecule has 4 rings (SSSR count). The molecule has 2 aromatic carbocycles. The summed E-state index contributed by atoms with van der Waals surface area (Å²) in [6.45, 7) is 2.15. The molecule has 2 saturated heterocycles. The van der Waals surface area contributed by atoms with Crippen molar-refractivity contribution in [2.45, 2.75) is 38.0 Å². The SMILES string of the molecule is COCc1cc(CN2CCC3(CC2)CN(c2ccc(C(=O)O)cc2)C(=O)O3)ccc1OC(F)(F)F. The van der Waals surface area contributed by atoms with Gasteiger partial charge in [-0.05, 0) is 42.0 Å². The Bertz CT molecular complexity index is 1080. The van der Waals surface area contributed by atoms with Crippen molar-refractivity contribution >= 4 is 17.7 Å². The van der Waals surface area contributed by atoms with Gasteiger partial charge in [0.15, 0.2) is 0 Å². The fourth-order valence-electron chi connectivity index (χ4n) is 4.47. The summed E-state index contributed by atoms with van der Waals surface area (Å²) in [4.78, 5) is 27.3. The van der Waals surface area contributed by atoms with Crippen molar-refractivity contribution in [3.8, 4) is 5.75 Å². The largest absolute Gasteiger partial charge is 0.573 e. The van der Waals surface area contributed by atoms with Crippen LogP contribution in [0.15, 0.2) is 42.5 Å². The predicted octanol–water partition coefficient (Wildman–Crippen LogP) is 4.42. The van der Waals surface area contributed by atoms with Crippen molar-refractivity contribution in [1.82, 2.24) is 4.90 Å². The lowest BCUT2D eigenvalue weighted by Gasteiger charge is -2.37. The Morgan fingerprint density at radius 3 is 2.43 bits per heavy atom. The number of hydrogen-bond donors (Lipinski definition) is 1. The van der Waals surface area contributed by atoms with E-state index in [4.69, 9.17) is 14.6 Å². The van der Waals surface area contributed by atoms with Crippen LogP contribution in [-0.2, 0) is 22.6 Å². The summed E-state index contributed by atoms with van der Waals surface area (Å²) < 4.78 is 52.8. The third-order valence-corrected chi connectivity index (χ3v) is 6.22. The highest BCUT2D eigenvalue weighted by Gasteiger charge is 2.47. The maximum absolute atomic E-state index is 12.7. The van der Waals surface area contributed by atoms with Crippen LogP contribution in [0.25, 0.3) is 0 Å². The zero-order valence-electron chi connectivity index (χ0n) is 19.0. The van der Waals surface area contributed by atoms with E-state index < -0.39 is 24.0 Å². The minimum atomic E-state index is -4.78. The summed E-state index contributed by atoms with van der Waals surface area (Å²) in [5.74, 6) is -1.32. The van der Waals surface area contributed by atoms with E-state index >= 15 is 0 Å². The van der Waals surface area contributed by atoms with Crippen LogP contribution in [0.5, 0.6) is 5.75 Å². The molecule has 0 unspecified atom stereocenters. The molecule has 1 N–H and O–H groups in total. The second-order valence-electron chi connectivity index (χ2n) is 8.69. The van der Waals surface area contributed by atoms with Gasteiger partial charge in [0.1, 0.15) is 11.4 Å². The van der Waals surface area contributed by atoms with Crippen LogP contribution in [0.3, 0.4) is 0 Å². The van der Waals surface area contributed by atoms with E-state index in [2.05, 4.69) is 9.64 Å². The Morgan fingerprint density at radius 2 is 1.83 bits per heavy atom. The number of ether oxygens (including phenoxy) is 3. The van der Waals surface area contributed by atoms with Crippen LogP contribution in [-0.4, -0.2) is 60.8 Å². The van der Waals surface area contributed by atoms with Gasteiger partial charge in [-0.2, -0.15) is 0 Å². The first-order chi connectivity index (χ1) is 16.6. The average molecular weight is 494 g/mol. The number of halogens is 3. The van der Waals surface area contributed by atoms with Gasteiger partial charge in [-0.3, -0.25) is 9.80 Å². The maximum atomic E-state index is 12.7. The summed E-state index contributed by atoms with van der Waals surface area (Å²) in [7, 11) is 1.40. The van der Waals surface area contributed by atoms with Crippen molar-refractivity contribution in [2.24, 2.45) is 0 Å². The molecule has 1 spiro atoms. The quantitative estimate of drug-likeness (QED) is 0.610. The van der Waals surface area contributed by atoms with Gasteiger partial charge in [-0.25, -0.2) is 9.59 Å². The van der Waals surface area contributed by atoms with E-state index in [0.29, 0.717) is 50.3 Å². The standard InChI is InChI=1S/C24H25F3N2O6/c1-33-14-18-12-16(2-7-20(18)34-24(25,26)27)13-28-10-8-23(9-11-28)15-29(22(32)35-23)19-5-3-17(4-6-19)21(30)31/h2-7,12H,8-11,13-15H2,1H3,(H,30,31). The zero-order valence-corrected chi connectivity index (χ0v) is 19.0. The first-order valence-corrected chi connectivity index (χ1v) is 11.0. The van der Waals surface area contributed by atoms with E-state index in [1.807, 2.05) is 0 Å². The topological polar surface area (TPSA) is 88.5 Å². The number of anilines is 1. The highest BCUT2D eigenvalue weighted by atomic mass is 19.4. The fourth-order valence-corrected chi connectivity index (χ4v) is 4.47. The van der Waals surface area contributed by atoms with Gasteiger partial charge >= 0.3 is 18.4 Å².